The Kier molecular flexibility index (Phi) is 1.54. The fraction of sp³-hybridized carbons (Fsp3) is 0.600. The summed E-state index contributed by atoms with van der Waals surface area (Å²) in [5.41, 5.74) is -1.01. The molecule has 2 rings (SSSR count). The molecule has 104 valence electrons. The summed E-state index contributed by atoms with van der Waals surface area (Å²) >= 11 is 0. The summed E-state index contributed by atoms with van der Waals surface area (Å²) in [6.45, 7) is -2.53. The Balaban J connectivity index is 2.55. The van der Waals surface area contributed by atoms with Crippen molar-refractivity contribution in [2.24, 2.45) is 0 Å². The van der Waals surface area contributed by atoms with E-state index in [0.717, 1.165) is 0 Å². The summed E-state index contributed by atoms with van der Waals surface area (Å²) in [5, 5.41) is 0. The first-order valence-electron chi connectivity index (χ1n) is 10.6. The van der Waals surface area contributed by atoms with Crippen LogP contribution in [0.5, 0.6) is 0 Å². The number of rotatable bonds is 2. The van der Waals surface area contributed by atoms with Crippen molar-refractivity contribution in [2.75, 3.05) is 20.9 Å². The van der Waals surface area contributed by atoms with Crippen molar-refractivity contribution in [1.82, 2.24) is 4.48 Å². The second kappa shape index (κ2) is 4.34. The van der Waals surface area contributed by atoms with E-state index in [4.69, 9.17) is 21.6 Å². The van der Waals surface area contributed by atoms with Gasteiger partial charge in [0.2, 0.25) is 0 Å². The smallest absolute Gasteiger partial charge is 0.399 e. The highest BCUT2D eigenvalue weighted by Crippen LogP contribution is 2.36. The van der Waals surface area contributed by atoms with Crippen LogP contribution in [-0.2, 0) is 9.31 Å². The molecule has 1 heterocycles. The van der Waals surface area contributed by atoms with Gasteiger partial charge in [0.05, 0.1) is 44.5 Å². The Morgan fingerprint density at radius 3 is 1.84 bits per heavy atom. The molecule has 0 spiro atoms. The molecule has 0 aromatic heterocycles. The van der Waals surface area contributed by atoms with Crippen LogP contribution in [0.2, 0.25) is 0 Å². The summed E-state index contributed by atoms with van der Waals surface area (Å²) in [6, 6.07) is 5.28. The molecule has 0 saturated carbocycles. The van der Waals surface area contributed by atoms with E-state index in [-0.39, 0.29) is 5.69 Å². The molecular formula is C15H25BNO2+. The average Bonchev–Trinajstić information content (AvgIpc) is 2.63. The maximum Gasteiger partial charge on any atom is 0.494 e. The fourth-order valence-electron chi connectivity index (χ4n) is 1.83. The van der Waals surface area contributed by atoms with Crippen molar-refractivity contribution >= 4 is 18.3 Å². The lowest BCUT2D eigenvalue weighted by Crippen LogP contribution is -2.41. The molecule has 0 amide bonds. The summed E-state index contributed by atoms with van der Waals surface area (Å²) in [6.07, 6.45) is 0. The molecule has 1 aliphatic heterocycles. The zero-order valence-corrected chi connectivity index (χ0v) is 11.7. The molecule has 3 nitrogen and oxygen atoms in total. The number of benzene rings is 1. The van der Waals surface area contributed by atoms with Gasteiger partial charge in [-0.05, 0) is 45.3 Å². The zero-order valence-electron chi connectivity index (χ0n) is 20.7. The van der Waals surface area contributed by atoms with Crippen LogP contribution in [0.15, 0.2) is 24.3 Å². The number of hydrogen-bond acceptors (Lipinski definition) is 2. The second-order valence-corrected chi connectivity index (χ2v) is 5.85. The summed E-state index contributed by atoms with van der Waals surface area (Å²) < 4.78 is 79.4. The van der Waals surface area contributed by atoms with Gasteiger partial charge in [-0.15, -0.1) is 0 Å². The topological polar surface area (TPSA) is 18.5 Å². The van der Waals surface area contributed by atoms with Crippen LogP contribution >= 0.6 is 0 Å². The first kappa shape index (κ1) is 6.75. The predicted octanol–water partition coefficient (Wildman–Crippen LogP) is 2.18. The molecule has 0 atom stereocenters. The largest absolute Gasteiger partial charge is 0.494 e. The van der Waals surface area contributed by atoms with Crippen LogP contribution in [0.1, 0.15) is 40.0 Å². The van der Waals surface area contributed by atoms with Crippen LogP contribution < -0.4 is 9.95 Å². The highest BCUT2D eigenvalue weighted by Gasteiger charge is 2.51. The van der Waals surface area contributed by atoms with Gasteiger partial charge < -0.3 is 9.31 Å². The molecular weight excluding hydrogens is 238 g/mol. The minimum absolute atomic E-state index is 0.361. The standard InChI is InChI=1S/C15H25BNO2/c1-14(2)15(3,4)19-16(18-14)12-8-10-13(11-9-12)17(5,6)7/h8-11H,1-7H3/q+1/i5D3,6D3,7D3,17+1. The molecule has 1 fully saturated rings. The van der Waals surface area contributed by atoms with Crippen molar-refractivity contribution in [2.45, 2.75) is 38.9 Å². The quantitative estimate of drug-likeness (QED) is 0.467. The van der Waals surface area contributed by atoms with Crippen molar-refractivity contribution in [1.29, 1.82) is 0 Å². The summed E-state index contributed by atoms with van der Waals surface area (Å²) in [4.78, 5) is 0. The Morgan fingerprint density at radius 1 is 0.947 bits per heavy atom. The number of nitrogens with zero attached hydrogens (tertiary/aromatic N) is 1. The third-order valence-corrected chi connectivity index (χ3v) is 3.81. The van der Waals surface area contributed by atoms with E-state index >= 15 is 0 Å². The Morgan fingerprint density at radius 2 is 1.42 bits per heavy atom. The molecule has 0 N–H and O–H groups in total. The van der Waals surface area contributed by atoms with Gasteiger partial charge in [0.15, 0.2) is 0 Å². The Hall–Kier alpha value is -0.835. The lowest BCUT2D eigenvalue weighted by atomic mass is 9.79. The fourth-order valence-corrected chi connectivity index (χ4v) is 1.83. The van der Waals surface area contributed by atoms with Crippen molar-refractivity contribution < 1.29 is 21.6 Å². The van der Waals surface area contributed by atoms with Gasteiger partial charge in [-0.3, -0.25) is 4.48 Å². The molecule has 4 heteroatoms. The van der Waals surface area contributed by atoms with Crippen molar-refractivity contribution in [3.63, 3.8) is 0 Å². The van der Waals surface area contributed by atoms with Crippen LogP contribution in [0.3, 0.4) is 0 Å². The molecule has 1 aliphatic rings. The van der Waals surface area contributed by atoms with E-state index in [1.165, 1.54) is 24.3 Å². The van der Waals surface area contributed by atoms with Crippen LogP contribution in [0, 0.1) is 0 Å². The molecule has 0 aliphatic carbocycles. The number of hydrogen-bond donors (Lipinski definition) is 0. The highest BCUT2D eigenvalue weighted by molar-refractivity contribution is 6.62. The minimum atomic E-state index is -3.34. The van der Waals surface area contributed by atoms with E-state index in [1.54, 1.807) is 0 Å². The summed E-state index contributed by atoms with van der Waals surface area (Å²) in [7, 11) is -0.741. The molecule has 1 saturated heterocycles. The maximum absolute atomic E-state index is 7.75. The average molecular weight is 272 g/mol. The molecule has 0 radical (unpaired) electrons. The first-order valence-corrected chi connectivity index (χ1v) is 6.13. The lowest BCUT2D eigenvalue weighted by Gasteiger charge is -2.32. The maximum atomic E-state index is 7.75. The van der Waals surface area contributed by atoms with Crippen LogP contribution in [-0.4, -0.2) is 39.2 Å². The van der Waals surface area contributed by atoms with E-state index in [2.05, 4.69) is 0 Å². The number of quaternary nitrogens is 1. The molecule has 0 unspecified atom stereocenters. The highest BCUT2D eigenvalue weighted by atomic mass is 16.7. The van der Waals surface area contributed by atoms with Crippen molar-refractivity contribution in [3.8, 4) is 0 Å². The Bertz CT molecular complexity index is 671. The minimum Gasteiger partial charge on any atom is -0.399 e. The lowest BCUT2D eigenvalue weighted by molar-refractivity contribution is 0.00578. The van der Waals surface area contributed by atoms with E-state index in [9.17, 15) is 0 Å². The van der Waals surface area contributed by atoms with E-state index in [0.29, 0.717) is 5.46 Å². The van der Waals surface area contributed by atoms with Gasteiger partial charge in [-0.1, -0.05) is 12.1 Å². The normalized spacial score (nSPS) is 30.7. The van der Waals surface area contributed by atoms with Gasteiger partial charge in [0.25, 0.3) is 0 Å². The summed E-state index contributed by atoms with van der Waals surface area (Å²) in [5.74, 6) is 0. The third kappa shape index (κ3) is 2.71. The van der Waals surface area contributed by atoms with Crippen molar-refractivity contribution in [3.05, 3.63) is 24.3 Å². The van der Waals surface area contributed by atoms with E-state index < -0.39 is 43.7 Å². The van der Waals surface area contributed by atoms with Gasteiger partial charge in [-0.2, -0.15) is 0 Å². The van der Waals surface area contributed by atoms with Crippen LogP contribution in [0.4, 0.5) is 5.69 Å². The van der Waals surface area contributed by atoms with Gasteiger partial charge in [0, 0.05) is 0 Å². The zero-order chi connectivity index (χ0) is 22.0. The second-order valence-electron chi connectivity index (χ2n) is 5.85. The third-order valence-electron chi connectivity index (χ3n) is 3.81. The predicted molar refractivity (Wildman–Crippen MR) is 81.7 cm³/mol. The molecule has 19 heavy (non-hydrogen) atoms. The van der Waals surface area contributed by atoms with Crippen LogP contribution in [0.25, 0.3) is 0 Å². The molecule has 1 aromatic carbocycles. The van der Waals surface area contributed by atoms with E-state index in [1.807, 2.05) is 27.7 Å². The van der Waals surface area contributed by atoms with Gasteiger partial charge in [-0.25, -0.2) is 0 Å². The van der Waals surface area contributed by atoms with Gasteiger partial charge >= 0.3 is 7.12 Å². The SMILES string of the molecule is [2H]C([2H])([2H])[15N+](c1ccc(B2OC(C)(C)C(C)(C)O2)cc1)(C([2H])([2H])[2H])C([2H])([2H])[2H]. The molecule has 1 aromatic rings. The van der Waals surface area contributed by atoms with Gasteiger partial charge in [0.1, 0.15) is 5.69 Å². The monoisotopic (exact) mass is 272 g/mol. The first-order chi connectivity index (χ1) is 12.3. The molecule has 0 bridgehead atoms. The Labute approximate surface area is 129 Å².